The summed E-state index contributed by atoms with van der Waals surface area (Å²) in [7, 11) is 0. The average molecular weight is 310 g/mol. The first-order valence-electron chi connectivity index (χ1n) is 8.11. The van der Waals surface area contributed by atoms with E-state index in [1.165, 1.54) is 0 Å². The van der Waals surface area contributed by atoms with Gasteiger partial charge in [0.15, 0.2) is 0 Å². The quantitative estimate of drug-likeness (QED) is 0.892. The number of hydrogen-bond donors (Lipinski definition) is 2. The van der Waals surface area contributed by atoms with Crippen LogP contribution in [0.4, 0.5) is 0 Å². The van der Waals surface area contributed by atoms with Crippen molar-refractivity contribution in [2.75, 3.05) is 13.1 Å². The number of nitrogens with one attached hydrogen (secondary N) is 2. The second kappa shape index (κ2) is 7.79. The molecule has 1 amide bonds. The number of para-hydroxylation sites is 1. The molecule has 1 unspecified atom stereocenters. The zero-order chi connectivity index (χ0) is 15.9. The summed E-state index contributed by atoms with van der Waals surface area (Å²) in [4.78, 5) is 12.2. The first kappa shape index (κ1) is 15.6. The Morgan fingerprint density at radius 1 is 1.13 bits per heavy atom. The van der Waals surface area contributed by atoms with E-state index in [4.69, 9.17) is 4.74 Å². The molecule has 1 saturated heterocycles. The van der Waals surface area contributed by atoms with Crippen molar-refractivity contribution in [3.05, 3.63) is 60.2 Å². The number of benzene rings is 2. The van der Waals surface area contributed by atoms with Crippen molar-refractivity contribution >= 4 is 5.91 Å². The molecular weight excluding hydrogens is 288 g/mol. The molecule has 120 valence electrons. The molecule has 2 N–H and O–H groups in total. The van der Waals surface area contributed by atoms with E-state index in [1.54, 1.807) is 0 Å². The van der Waals surface area contributed by atoms with Crippen molar-refractivity contribution in [3.8, 4) is 11.5 Å². The summed E-state index contributed by atoms with van der Waals surface area (Å²) in [6.07, 6.45) is 2.04. The molecule has 1 aliphatic rings. The first-order chi connectivity index (χ1) is 11.3. The van der Waals surface area contributed by atoms with Crippen LogP contribution in [0.25, 0.3) is 0 Å². The lowest BCUT2D eigenvalue weighted by molar-refractivity contribution is -0.125. The van der Waals surface area contributed by atoms with Gasteiger partial charge in [-0.05, 0) is 49.2 Å². The Morgan fingerprint density at radius 3 is 2.74 bits per heavy atom. The van der Waals surface area contributed by atoms with Gasteiger partial charge in [0.2, 0.25) is 5.91 Å². The maximum absolute atomic E-state index is 12.2. The van der Waals surface area contributed by atoms with Crippen LogP contribution < -0.4 is 15.4 Å². The van der Waals surface area contributed by atoms with E-state index in [1.807, 2.05) is 54.6 Å². The van der Waals surface area contributed by atoms with Crippen LogP contribution >= 0.6 is 0 Å². The second-order valence-corrected chi connectivity index (χ2v) is 5.82. The molecule has 0 bridgehead atoms. The van der Waals surface area contributed by atoms with Crippen molar-refractivity contribution in [3.63, 3.8) is 0 Å². The predicted octanol–water partition coefficient (Wildman–Crippen LogP) is 3.09. The third-order valence-electron chi connectivity index (χ3n) is 4.01. The van der Waals surface area contributed by atoms with Crippen LogP contribution in [0.3, 0.4) is 0 Å². The molecule has 1 aliphatic heterocycles. The number of piperidine rings is 1. The number of hydrogen-bond acceptors (Lipinski definition) is 3. The molecule has 0 radical (unpaired) electrons. The van der Waals surface area contributed by atoms with Gasteiger partial charge < -0.3 is 15.4 Å². The van der Waals surface area contributed by atoms with Crippen LogP contribution in [0.2, 0.25) is 0 Å². The molecule has 2 aromatic carbocycles. The minimum absolute atomic E-state index is 0.0903. The maximum Gasteiger partial charge on any atom is 0.224 e. The third kappa shape index (κ3) is 4.57. The van der Waals surface area contributed by atoms with E-state index in [9.17, 15) is 4.79 Å². The zero-order valence-corrected chi connectivity index (χ0v) is 13.1. The summed E-state index contributed by atoms with van der Waals surface area (Å²) in [5.74, 6) is 1.81. The van der Waals surface area contributed by atoms with Gasteiger partial charge in [0, 0.05) is 13.1 Å². The molecule has 0 aliphatic carbocycles. The minimum atomic E-state index is 0.0903. The summed E-state index contributed by atoms with van der Waals surface area (Å²) >= 11 is 0. The molecule has 3 rings (SSSR count). The van der Waals surface area contributed by atoms with Crippen LogP contribution in [0.1, 0.15) is 18.4 Å². The van der Waals surface area contributed by atoms with Crippen molar-refractivity contribution in [1.82, 2.24) is 10.6 Å². The molecule has 23 heavy (non-hydrogen) atoms. The fourth-order valence-electron chi connectivity index (χ4n) is 2.75. The highest BCUT2D eigenvalue weighted by Gasteiger charge is 2.20. The number of carbonyl (C=O) groups is 1. The third-order valence-corrected chi connectivity index (χ3v) is 4.01. The van der Waals surface area contributed by atoms with Gasteiger partial charge in [-0.3, -0.25) is 4.79 Å². The van der Waals surface area contributed by atoms with Crippen LogP contribution in [-0.2, 0) is 11.3 Å². The van der Waals surface area contributed by atoms with E-state index < -0.39 is 0 Å². The van der Waals surface area contributed by atoms with E-state index in [2.05, 4.69) is 10.6 Å². The number of ether oxygens (including phenoxy) is 1. The van der Waals surface area contributed by atoms with E-state index in [0.29, 0.717) is 6.54 Å². The van der Waals surface area contributed by atoms with Crippen LogP contribution in [-0.4, -0.2) is 19.0 Å². The Balaban J connectivity index is 1.56. The van der Waals surface area contributed by atoms with E-state index >= 15 is 0 Å². The number of rotatable bonds is 5. The Hall–Kier alpha value is -2.33. The highest BCUT2D eigenvalue weighted by atomic mass is 16.5. The molecule has 0 aromatic heterocycles. The largest absolute Gasteiger partial charge is 0.457 e. The van der Waals surface area contributed by atoms with Gasteiger partial charge >= 0.3 is 0 Å². The van der Waals surface area contributed by atoms with Crippen molar-refractivity contribution < 1.29 is 9.53 Å². The van der Waals surface area contributed by atoms with Crippen molar-refractivity contribution in [1.29, 1.82) is 0 Å². The number of carbonyl (C=O) groups excluding carboxylic acids is 1. The first-order valence-corrected chi connectivity index (χ1v) is 8.11. The van der Waals surface area contributed by atoms with E-state index in [0.717, 1.165) is 43.0 Å². The van der Waals surface area contributed by atoms with Gasteiger partial charge in [-0.1, -0.05) is 30.3 Å². The molecule has 1 heterocycles. The molecule has 2 aromatic rings. The summed E-state index contributed by atoms with van der Waals surface area (Å²) in [6.45, 7) is 2.33. The lowest BCUT2D eigenvalue weighted by Crippen LogP contribution is -2.40. The van der Waals surface area contributed by atoms with Crippen LogP contribution in [0.5, 0.6) is 11.5 Å². The fraction of sp³-hybridized carbons (Fsp3) is 0.316. The van der Waals surface area contributed by atoms with Crippen LogP contribution in [0.15, 0.2) is 54.6 Å². The highest BCUT2D eigenvalue weighted by Crippen LogP contribution is 2.21. The van der Waals surface area contributed by atoms with Gasteiger partial charge in [-0.25, -0.2) is 0 Å². The van der Waals surface area contributed by atoms with Gasteiger partial charge in [-0.2, -0.15) is 0 Å². The minimum Gasteiger partial charge on any atom is -0.457 e. The van der Waals surface area contributed by atoms with Crippen molar-refractivity contribution in [2.24, 2.45) is 5.92 Å². The fourth-order valence-corrected chi connectivity index (χ4v) is 2.75. The summed E-state index contributed by atoms with van der Waals surface area (Å²) in [6, 6.07) is 17.5. The van der Waals surface area contributed by atoms with Gasteiger partial charge in [0.1, 0.15) is 11.5 Å². The molecule has 0 saturated carbocycles. The Morgan fingerprint density at radius 2 is 1.96 bits per heavy atom. The molecule has 4 heteroatoms. The van der Waals surface area contributed by atoms with Crippen LogP contribution in [0, 0.1) is 5.92 Å². The molecule has 4 nitrogen and oxygen atoms in total. The molecular formula is C19H22N2O2. The summed E-state index contributed by atoms with van der Waals surface area (Å²) in [5.41, 5.74) is 1.04. The Bertz CT molecular complexity index is 637. The summed E-state index contributed by atoms with van der Waals surface area (Å²) in [5, 5.41) is 6.29. The van der Waals surface area contributed by atoms with E-state index in [-0.39, 0.29) is 11.8 Å². The Labute approximate surface area is 136 Å². The predicted molar refractivity (Wildman–Crippen MR) is 90.4 cm³/mol. The normalized spacial score (nSPS) is 17.5. The smallest absolute Gasteiger partial charge is 0.224 e. The maximum atomic E-state index is 12.2. The standard InChI is InChI=1S/C19H22N2O2/c22-19(16-7-5-11-20-14-16)21-13-15-6-4-10-18(12-15)23-17-8-2-1-3-9-17/h1-4,6,8-10,12,16,20H,5,7,11,13-14H2,(H,21,22). The Kier molecular flexibility index (Phi) is 5.27. The lowest BCUT2D eigenvalue weighted by atomic mass is 9.99. The SMILES string of the molecule is O=C(NCc1cccc(Oc2ccccc2)c1)C1CCCNC1. The zero-order valence-electron chi connectivity index (χ0n) is 13.1. The lowest BCUT2D eigenvalue weighted by Gasteiger charge is -2.21. The molecule has 0 spiro atoms. The van der Waals surface area contributed by atoms with Gasteiger partial charge in [-0.15, -0.1) is 0 Å². The molecule has 1 fully saturated rings. The van der Waals surface area contributed by atoms with Crippen molar-refractivity contribution in [2.45, 2.75) is 19.4 Å². The topological polar surface area (TPSA) is 50.4 Å². The highest BCUT2D eigenvalue weighted by molar-refractivity contribution is 5.78. The molecule has 1 atom stereocenters. The summed E-state index contributed by atoms with van der Waals surface area (Å²) < 4.78 is 5.82. The second-order valence-electron chi connectivity index (χ2n) is 5.82. The number of amides is 1. The monoisotopic (exact) mass is 310 g/mol. The van der Waals surface area contributed by atoms with Gasteiger partial charge in [0.25, 0.3) is 0 Å². The van der Waals surface area contributed by atoms with Gasteiger partial charge in [0.05, 0.1) is 5.92 Å². The average Bonchev–Trinajstić information content (AvgIpc) is 2.62.